The molecule has 0 amide bonds. The van der Waals surface area contributed by atoms with Crippen molar-refractivity contribution in [2.24, 2.45) is 7.05 Å². The number of aromatic nitrogens is 2. The van der Waals surface area contributed by atoms with Crippen LogP contribution < -0.4 is 5.32 Å². The summed E-state index contributed by atoms with van der Waals surface area (Å²) < 4.78 is 14.8. The summed E-state index contributed by atoms with van der Waals surface area (Å²) in [5.74, 6) is -0.431. The molecular formula is C13H14Cl2FN3. The molecule has 0 bridgehead atoms. The Labute approximate surface area is 121 Å². The molecule has 6 heteroatoms. The number of aryl methyl sites for hydroxylation is 2. The van der Waals surface area contributed by atoms with Crippen LogP contribution in [0.5, 0.6) is 0 Å². The summed E-state index contributed by atoms with van der Waals surface area (Å²) in [6.45, 7) is 2.51. The zero-order valence-electron chi connectivity index (χ0n) is 10.7. The molecule has 0 saturated carbocycles. The molecule has 0 atom stereocenters. The number of anilines is 1. The molecule has 0 unspecified atom stereocenters. The van der Waals surface area contributed by atoms with Gasteiger partial charge < -0.3 is 5.32 Å². The number of hydrogen-bond acceptors (Lipinski definition) is 2. The maximum Gasteiger partial charge on any atom is 0.141 e. The molecule has 102 valence electrons. The fraction of sp³-hybridized carbons (Fsp3) is 0.308. The molecule has 0 aliphatic heterocycles. The normalized spacial score (nSPS) is 10.8. The van der Waals surface area contributed by atoms with Gasteiger partial charge in [-0.3, -0.25) is 4.68 Å². The SMILES string of the molecule is CCc1nn(C)c(CNc2ccc(F)c(Cl)c2)c1Cl. The highest BCUT2D eigenvalue weighted by Crippen LogP contribution is 2.23. The Hall–Kier alpha value is -1.26. The fourth-order valence-electron chi connectivity index (χ4n) is 1.80. The summed E-state index contributed by atoms with van der Waals surface area (Å²) in [4.78, 5) is 0. The van der Waals surface area contributed by atoms with E-state index in [4.69, 9.17) is 23.2 Å². The van der Waals surface area contributed by atoms with Gasteiger partial charge in [-0.2, -0.15) is 5.10 Å². The van der Waals surface area contributed by atoms with Crippen molar-refractivity contribution in [3.05, 3.63) is 45.4 Å². The Kier molecular flexibility index (Phi) is 4.32. The van der Waals surface area contributed by atoms with Crippen LogP contribution in [0.25, 0.3) is 0 Å². The molecular weight excluding hydrogens is 288 g/mol. The molecule has 1 heterocycles. The third-order valence-corrected chi connectivity index (χ3v) is 3.61. The van der Waals surface area contributed by atoms with Gasteiger partial charge in [-0.15, -0.1) is 0 Å². The van der Waals surface area contributed by atoms with Crippen LogP contribution in [-0.4, -0.2) is 9.78 Å². The molecule has 0 aliphatic carbocycles. The van der Waals surface area contributed by atoms with Gasteiger partial charge in [0.1, 0.15) is 5.82 Å². The number of benzene rings is 1. The predicted molar refractivity (Wildman–Crippen MR) is 76.3 cm³/mol. The van der Waals surface area contributed by atoms with Crippen LogP contribution in [0.1, 0.15) is 18.3 Å². The van der Waals surface area contributed by atoms with Crippen LogP contribution in [0.15, 0.2) is 18.2 Å². The second-order valence-electron chi connectivity index (χ2n) is 4.17. The Bertz CT molecular complexity index is 596. The van der Waals surface area contributed by atoms with Gasteiger partial charge >= 0.3 is 0 Å². The Morgan fingerprint density at radius 2 is 2.11 bits per heavy atom. The van der Waals surface area contributed by atoms with Gasteiger partial charge in [-0.1, -0.05) is 30.1 Å². The number of rotatable bonds is 4. The van der Waals surface area contributed by atoms with E-state index in [1.165, 1.54) is 6.07 Å². The zero-order valence-corrected chi connectivity index (χ0v) is 12.2. The minimum atomic E-state index is -0.431. The molecule has 0 radical (unpaired) electrons. The largest absolute Gasteiger partial charge is 0.379 e. The molecule has 1 N–H and O–H groups in total. The monoisotopic (exact) mass is 301 g/mol. The summed E-state index contributed by atoms with van der Waals surface area (Å²) >= 11 is 12.0. The van der Waals surface area contributed by atoms with Crippen molar-refractivity contribution in [1.29, 1.82) is 0 Å². The minimum Gasteiger partial charge on any atom is -0.379 e. The number of nitrogens with zero attached hydrogens (tertiary/aromatic N) is 2. The molecule has 1 aromatic carbocycles. The molecule has 1 aromatic heterocycles. The highest BCUT2D eigenvalue weighted by atomic mass is 35.5. The Morgan fingerprint density at radius 3 is 2.68 bits per heavy atom. The van der Waals surface area contributed by atoms with Crippen LogP contribution in [0, 0.1) is 5.82 Å². The Balaban J connectivity index is 2.14. The first-order valence-electron chi connectivity index (χ1n) is 5.92. The summed E-state index contributed by atoms with van der Waals surface area (Å²) in [6.07, 6.45) is 0.787. The summed E-state index contributed by atoms with van der Waals surface area (Å²) in [7, 11) is 1.85. The lowest BCUT2D eigenvalue weighted by Crippen LogP contribution is -2.06. The van der Waals surface area contributed by atoms with E-state index in [1.807, 2.05) is 14.0 Å². The highest BCUT2D eigenvalue weighted by Gasteiger charge is 2.12. The first-order valence-corrected chi connectivity index (χ1v) is 6.67. The van der Waals surface area contributed by atoms with Gasteiger partial charge in [-0.25, -0.2) is 4.39 Å². The highest BCUT2D eigenvalue weighted by molar-refractivity contribution is 6.32. The van der Waals surface area contributed by atoms with E-state index in [2.05, 4.69) is 10.4 Å². The van der Waals surface area contributed by atoms with Crippen molar-refractivity contribution in [3.63, 3.8) is 0 Å². The summed E-state index contributed by atoms with van der Waals surface area (Å²) in [5, 5.41) is 8.25. The van der Waals surface area contributed by atoms with Gasteiger partial charge in [0.15, 0.2) is 0 Å². The van der Waals surface area contributed by atoms with Crippen molar-refractivity contribution < 1.29 is 4.39 Å². The maximum absolute atomic E-state index is 13.0. The lowest BCUT2D eigenvalue weighted by atomic mass is 10.2. The second-order valence-corrected chi connectivity index (χ2v) is 4.95. The van der Waals surface area contributed by atoms with E-state index >= 15 is 0 Å². The molecule has 0 spiro atoms. The number of hydrogen-bond donors (Lipinski definition) is 1. The number of halogens is 3. The smallest absolute Gasteiger partial charge is 0.141 e. The molecule has 19 heavy (non-hydrogen) atoms. The third-order valence-electron chi connectivity index (χ3n) is 2.88. The zero-order chi connectivity index (χ0) is 14.0. The standard InChI is InChI=1S/C13H14Cl2FN3/c1-3-11-13(15)12(19(2)18-11)7-17-8-4-5-10(16)9(14)6-8/h4-6,17H,3,7H2,1-2H3. The van der Waals surface area contributed by atoms with Gasteiger partial charge in [-0.05, 0) is 24.6 Å². The lowest BCUT2D eigenvalue weighted by Gasteiger charge is -2.08. The van der Waals surface area contributed by atoms with Gasteiger partial charge in [0.25, 0.3) is 0 Å². The summed E-state index contributed by atoms with van der Waals surface area (Å²) in [5.41, 5.74) is 2.50. The van der Waals surface area contributed by atoms with Crippen molar-refractivity contribution in [2.75, 3.05) is 5.32 Å². The Morgan fingerprint density at radius 1 is 1.37 bits per heavy atom. The van der Waals surface area contributed by atoms with Gasteiger partial charge in [0.05, 0.1) is 28.0 Å². The van der Waals surface area contributed by atoms with Crippen LogP contribution in [-0.2, 0) is 20.0 Å². The first-order chi connectivity index (χ1) is 9.02. The number of nitrogens with one attached hydrogen (secondary N) is 1. The topological polar surface area (TPSA) is 29.9 Å². The van der Waals surface area contributed by atoms with E-state index < -0.39 is 5.82 Å². The minimum absolute atomic E-state index is 0.0929. The second kappa shape index (κ2) is 5.80. The van der Waals surface area contributed by atoms with E-state index in [0.29, 0.717) is 11.6 Å². The predicted octanol–water partition coefficient (Wildman–Crippen LogP) is 4.04. The van der Waals surface area contributed by atoms with Crippen LogP contribution in [0.3, 0.4) is 0 Å². The first kappa shape index (κ1) is 14.2. The molecule has 0 aliphatic rings. The molecule has 2 rings (SSSR count). The van der Waals surface area contributed by atoms with E-state index in [9.17, 15) is 4.39 Å². The van der Waals surface area contributed by atoms with Crippen molar-refractivity contribution in [2.45, 2.75) is 19.9 Å². The van der Waals surface area contributed by atoms with Crippen LogP contribution >= 0.6 is 23.2 Å². The van der Waals surface area contributed by atoms with Gasteiger partial charge in [0, 0.05) is 12.7 Å². The average Bonchev–Trinajstić information content (AvgIpc) is 2.66. The molecule has 3 nitrogen and oxygen atoms in total. The van der Waals surface area contributed by atoms with Gasteiger partial charge in [0.2, 0.25) is 0 Å². The average molecular weight is 302 g/mol. The summed E-state index contributed by atoms with van der Waals surface area (Å²) in [6, 6.07) is 4.50. The van der Waals surface area contributed by atoms with E-state index in [-0.39, 0.29) is 5.02 Å². The van der Waals surface area contributed by atoms with E-state index in [0.717, 1.165) is 23.5 Å². The molecule has 2 aromatic rings. The fourth-order valence-corrected chi connectivity index (χ4v) is 2.34. The van der Waals surface area contributed by atoms with Crippen molar-refractivity contribution >= 4 is 28.9 Å². The maximum atomic E-state index is 13.0. The van der Waals surface area contributed by atoms with Crippen LogP contribution in [0.4, 0.5) is 10.1 Å². The third kappa shape index (κ3) is 3.01. The van der Waals surface area contributed by atoms with Crippen LogP contribution in [0.2, 0.25) is 10.0 Å². The lowest BCUT2D eigenvalue weighted by molar-refractivity contribution is 0.628. The quantitative estimate of drug-likeness (QED) is 0.923. The molecule has 0 fully saturated rings. The molecule has 0 saturated heterocycles. The van der Waals surface area contributed by atoms with E-state index in [1.54, 1.807) is 16.8 Å². The van der Waals surface area contributed by atoms with Crippen molar-refractivity contribution in [1.82, 2.24) is 9.78 Å². The van der Waals surface area contributed by atoms with Crippen molar-refractivity contribution in [3.8, 4) is 0 Å².